The van der Waals surface area contributed by atoms with Gasteiger partial charge in [0.2, 0.25) is 11.8 Å². The monoisotopic (exact) mass is 446 g/mol. The maximum atomic E-state index is 13.3. The lowest BCUT2D eigenvalue weighted by Gasteiger charge is -2.29. The minimum absolute atomic E-state index is 0.161. The number of nitrogens with zero attached hydrogens (tertiary/aromatic N) is 1. The van der Waals surface area contributed by atoms with Gasteiger partial charge in [-0.25, -0.2) is 8.78 Å². The summed E-state index contributed by atoms with van der Waals surface area (Å²) in [6.45, 7) is 1.96. The number of carbonyl (C=O) groups is 2. The van der Waals surface area contributed by atoms with E-state index < -0.39 is 6.04 Å². The van der Waals surface area contributed by atoms with Gasteiger partial charge in [0.1, 0.15) is 17.7 Å². The van der Waals surface area contributed by atoms with Crippen LogP contribution >= 0.6 is 11.8 Å². The second-order valence-corrected chi connectivity index (χ2v) is 8.92. The molecule has 0 unspecified atom stereocenters. The molecule has 2 aromatic carbocycles. The van der Waals surface area contributed by atoms with Crippen LogP contribution in [0.25, 0.3) is 0 Å². The number of thioether (sulfide) groups is 1. The summed E-state index contributed by atoms with van der Waals surface area (Å²) in [7, 11) is 0. The Hall–Kier alpha value is -2.41. The van der Waals surface area contributed by atoms with Crippen LogP contribution in [-0.4, -0.2) is 34.6 Å². The predicted octanol–water partition coefficient (Wildman–Crippen LogP) is 4.67. The molecule has 2 aromatic rings. The Morgan fingerprint density at radius 2 is 1.55 bits per heavy atom. The quantitative estimate of drug-likeness (QED) is 0.609. The minimum Gasteiger partial charge on any atom is -0.352 e. The van der Waals surface area contributed by atoms with E-state index in [-0.39, 0.29) is 41.8 Å². The third-order valence-electron chi connectivity index (χ3n) is 5.54. The second-order valence-electron chi connectivity index (χ2n) is 7.93. The van der Waals surface area contributed by atoms with Crippen LogP contribution in [0.2, 0.25) is 0 Å². The van der Waals surface area contributed by atoms with Crippen LogP contribution in [0.5, 0.6) is 0 Å². The number of carbonyl (C=O) groups excluding carboxylic acids is 2. The summed E-state index contributed by atoms with van der Waals surface area (Å²) in [5.74, 6) is -0.198. The molecule has 1 N–H and O–H groups in total. The third kappa shape index (κ3) is 7.06. The maximum absolute atomic E-state index is 13.3. The molecule has 1 aliphatic rings. The number of hydrogen-bond donors (Lipinski definition) is 1. The number of amides is 2. The Balaban J connectivity index is 1.64. The van der Waals surface area contributed by atoms with Crippen LogP contribution in [0.1, 0.15) is 43.7 Å². The van der Waals surface area contributed by atoms with Gasteiger partial charge in [0.25, 0.3) is 0 Å². The molecule has 7 heteroatoms. The largest absolute Gasteiger partial charge is 0.352 e. The Morgan fingerprint density at radius 1 is 1.00 bits per heavy atom. The average molecular weight is 447 g/mol. The molecule has 166 valence electrons. The lowest BCUT2D eigenvalue weighted by atomic mass is 10.1. The first-order valence-corrected chi connectivity index (χ1v) is 11.7. The zero-order valence-electron chi connectivity index (χ0n) is 17.7. The highest BCUT2D eigenvalue weighted by atomic mass is 32.2. The number of halogens is 2. The number of rotatable bonds is 9. The van der Waals surface area contributed by atoms with Crippen molar-refractivity contribution in [3.8, 4) is 0 Å². The Labute approximate surface area is 186 Å². The first-order chi connectivity index (χ1) is 14.9. The highest BCUT2D eigenvalue weighted by molar-refractivity contribution is 7.99. The molecule has 1 saturated carbocycles. The van der Waals surface area contributed by atoms with E-state index >= 15 is 0 Å². The fourth-order valence-electron chi connectivity index (χ4n) is 3.68. The summed E-state index contributed by atoms with van der Waals surface area (Å²) in [4.78, 5) is 27.4. The molecule has 3 rings (SSSR count). The van der Waals surface area contributed by atoms with Crippen LogP contribution in [0.4, 0.5) is 8.78 Å². The number of benzene rings is 2. The first-order valence-electron chi connectivity index (χ1n) is 10.6. The molecule has 0 saturated heterocycles. The topological polar surface area (TPSA) is 49.4 Å². The van der Waals surface area contributed by atoms with Gasteiger partial charge in [-0.1, -0.05) is 37.1 Å². The normalized spacial score (nSPS) is 14.9. The summed E-state index contributed by atoms with van der Waals surface area (Å²) >= 11 is 1.42. The van der Waals surface area contributed by atoms with E-state index in [1.807, 2.05) is 0 Å². The molecule has 4 nitrogen and oxygen atoms in total. The van der Waals surface area contributed by atoms with Crippen molar-refractivity contribution in [3.63, 3.8) is 0 Å². The van der Waals surface area contributed by atoms with E-state index in [1.165, 1.54) is 36.0 Å². The smallest absolute Gasteiger partial charge is 0.242 e. The van der Waals surface area contributed by atoms with Crippen molar-refractivity contribution in [1.29, 1.82) is 0 Å². The van der Waals surface area contributed by atoms with E-state index in [9.17, 15) is 18.4 Å². The van der Waals surface area contributed by atoms with E-state index in [1.54, 1.807) is 36.1 Å². The summed E-state index contributed by atoms with van der Waals surface area (Å²) in [5.41, 5.74) is 1.69. The Morgan fingerprint density at radius 3 is 2.13 bits per heavy atom. The van der Waals surface area contributed by atoms with Crippen molar-refractivity contribution in [1.82, 2.24) is 10.2 Å². The zero-order chi connectivity index (χ0) is 22.2. The molecule has 1 aliphatic carbocycles. The lowest BCUT2D eigenvalue weighted by molar-refractivity contribution is -0.138. The highest BCUT2D eigenvalue weighted by Crippen LogP contribution is 2.20. The van der Waals surface area contributed by atoms with Gasteiger partial charge in [0.15, 0.2) is 0 Å². The third-order valence-corrected chi connectivity index (χ3v) is 6.53. The van der Waals surface area contributed by atoms with E-state index in [0.717, 1.165) is 36.8 Å². The average Bonchev–Trinajstić information content (AvgIpc) is 3.27. The van der Waals surface area contributed by atoms with Crippen LogP contribution < -0.4 is 5.32 Å². The van der Waals surface area contributed by atoms with Gasteiger partial charge in [0.05, 0.1) is 5.75 Å². The highest BCUT2D eigenvalue weighted by Gasteiger charge is 2.28. The molecule has 31 heavy (non-hydrogen) atoms. The van der Waals surface area contributed by atoms with Crippen molar-refractivity contribution in [3.05, 3.63) is 71.3 Å². The van der Waals surface area contributed by atoms with Crippen molar-refractivity contribution in [2.45, 2.75) is 57.0 Å². The molecule has 0 spiro atoms. The van der Waals surface area contributed by atoms with Gasteiger partial charge in [-0.15, -0.1) is 11.8 Å². The van der Waals surface area contributed by atoms with Crippen LogP contribution in [0, 0.1) is 11.6 Å². The van der Waals surface area contributed by atoms with Gasteiger partial charge in [-0.05, 0) is 55.2 Å². The van der Waals surface area contributed by atoms with Crippen molar-refractivity contribution in [2.24, 2.45) is 0 Å². The Kier molecular flexibility index (Phi) is 8.46. The van der Waals surface area contributed by atoms with Gasteiger partial charge in [0, 0.05) is 18.3 Å². The molecular weight excluding hydrogens is 418 g/mol. The minimum atomic E-state index is -0.635. The van der Waals surface area contributed by atoms with E-state index in [4.69, 9.17) is 0 Å². The maximum Gasteiger partial charge on any atom is 0.242 e. The van der Waals surface area contributed by atoms with Crippen molar-refractivity contribution in [2.75, 3.05) is 5.75 Å². The van der Waals surface area contributed by atoms with E-state index in [0.29, 0.717) is 5.75 Å². The summed E-state index contributed by atoms with van der Waals surface area (Å²) < 4.78 is 26.3. The molecule has 1 atom stereocenters. The van der Waals surface area contributed by atoms with Gasteiger partial charge >= 0.3 is 0 Å². The van der Waals surface area contributed by atoms with Gasteiger partial charge < -0.3 is 10.2 Å². The predicted molar refractivity (Wildman–Crippen MR) is 119 cm³/mol. The number of nitrogens with one attached hydrogen (secondary N) is 1. The van der Waals surface area contributed by atoms with Crippen molar-refractivity contribution < 1.29 is 18.4 Å². The number of hydrogen-bond acceptors (Lipinski definition) is 3. The molecule has 0 aromatic heterocycles. The molecular formula is C24H28F2N2O2S. The SMILES string of the molecule is C[C@H](C(=O)NC1CCCC1)N(Cc1ccc(F)cc1)C(=O)CSCc1ccc(F)cc1. The first kappa shape index (κ1) is 23.3. The van der Waals surface area contributed by atoms with Gasteiger partial charge in [-0.2, -0.15) is 0 Å². The molecule has 0 radical (unpaired) electrons. The molecule has 0 bridgehead atoms. The molecule has 1 fully saturated rings. The van der Waals surface area contributed by atoms with Crippen molar-refractivity contribution >= 4 is 23.6 Å². The van der Waals surface area contributed by atoms with E-state index in [2.05, 4.69) is 5.32 Å². The molecule has 0 aliphatic heterocycles. The fourth-order valence-corrected chi connectivity index (χ4v) is 4.55. The fraction of sp³-hybridized carbons (Fsp3) is 0.417. The lowest BCUT2D eigenvalue weighted by Crippen LogP contribution is -2.50. The van der Waals surface area contributed by atoms with Crippen LogP contribution in [0.3, 0.4) is 0 Å². The summed E-state index contributed by atoms with van der Waals surface area (Å²) in [5, 5.41) is 3.06. The summed E-state index contributed by atoms with van der Waals surface area (Å²) in [6, 6.07) is 11.7. The zero-order valence-corrected chi connectivity index (χ0v) is 18.5. The van der Waals surface area contributed by atoms with Crippen LogP contribution in [0.15, 0.2) is 48.5 Å². The second kappa shape index (κ2) is 11.3. The summed E-state index contributed by atoms with van der Waals surface area (Å²) in [6.07, 6.45) is 4.16. The van der Waals surface area contributed by atoms with Crippen LogP contribution in [-0.2, 0) is 21.9 Å². The van der Waals surface area contributed by atoms with Gasteiger partial charge in [-0.3, -0.25) is 9.59 Å². The Bertz CT molecular complexity index is 868. The molecule has 2 amide bonds. The standard InChI is InChI=1S/C24H28F2N2O2S/c1-17(24(30)27-22-4-2-3-5-22)28(14-18-6-10-20(25)11-7-18)23(29)16-31-15-19-8-12-21(26)13-9-19/h6-13,17,22H,2-5,14-16H2,1H3,(H,27,30)/t17-/m1/s1. The molecule has 0 heterocycles.